The number of pyridine rings is 1. The van der Waals surface area contributed by atoms with Gasteiger partial charge in [-0.05, 0) is 33.0 Å². The number of aliphatic hydroxyl groups excluding tert-OH is 1. The number of aromatic nitrogens is 1. The molecule has 1 rings (SSSR count). The lowest BCUT2D eigenvalue weighted by Gasteiger charge is -2.17. The third-order valence-corrected chi connectivity index (χ3v) is 1.95. The predicted molar refractivity (Wildman–Crippen MR) is 57.0 cm³/mol. The fourth-order valence-electron chi connectivity index (χ4n) is 1.48. The van der Waals surface area contributed by atoms with Crippen LogP contribution in [-0.2, 0) is 6.54 Å². The maximum atomic E-state index is 9.19. The van der Waals surface area contributed by atoms with Crippen LogP contribution in [0, 0.1) is 6.92 Å². The van der Waals surface area contributed by atoms with Crippen LogP contribution < -0.4 is 0 Å². The van der Waals surface area contributed by atoms with E-state index in [1.165, 1.54) is 0 Å². The largest absolute Gasteiger partial charge is 0.392 e. The Morgan fingerprint density at radius 1 is 1.50 bits per heavy atom. The summed E-state index contributed by atoms with van der Waals surface area (Å²) in [6.07, 6.45) is -0.287. The molecular formula is C11H18N2O. The third-order valence-electron chi connectivity index (χ3n) is 1.95. The van der Waals surface area contributed by atoms with Gasteiger partial charge in [0.05, 0.1) is 11.8 Å². The maximum Gasteiger partial charge on any atom is 0.0639 e. The monoisotopic (exact) mass is 194 g/mol. The smallest absolute Gasteiger partial charge is 0.0639 e. The van der Waals surface area contributed by atoms with Crippen LogP contribution in [0.3, 0.4) is 0 Å². The normalized spacial score (nSPS) is 13.2. The molecule has 14 heavy (non-hydrogen) atoms. The van der Waals surface area contributed by atoms with E-state index in [9.17, 15) is 5.11 Å². The first kappa shape index (κ1) is 11.1. The number of nitrogens with zero attached hydrogens (tertiary/aromatic N) is 2. The quantitative estimate of drug-likeness (QED) is 0.782. The Kier molecular flexibility index (Phi) is 4.04. The van der Waals surface area contributed by atoms with Crippen molar-refractivity contribution in [2.75, 3.05) is 13.6 Å². The molecular weight excluding hydrogens is 176 g/mol. The van der Waals surface area contributed by atoms with Crippen molar-refractivity contribution in [1.29, 1.82) is 0 Å². The van der Waals surface area contributed by atoms with Gasteiger partial charge >= 0.3 is 0 Å². The molecule has 0 aliphatic rings. The molecule has 0 amide bonds. The molecule has 0 aromatic carbocycles. The van der Waals surface area contributed by atoms with E-state index in [0.29, 0.717) is 6.54 Å². The van der Waals surface area contributed by atoms with Gasteiger partial charge in [0.15, 0.2) is 0 Å². The highest BCUT2D eigenvalue weighted by Crippen LogP contribution is 2.02. The minimum Gasteiger partial charge on any atom is -0.392 e. The van der Waals surface area contributed by atoms with Crippen molar-refractivity contribution in [3.05, 3.63) is 29.6 Å². The van der Waals surface area contributed by atoms with Crippen molar-refractivity contribution >= 4 is 0 Å². The highest BCUT2D eigenvalue weighted by molar-refractivity contribution is 5.09. The Morgan fingerprint density at radius 3 is 2.79 bits per heavy atom. The molecule has 1 aromatic heterocycles. The molecule has 0 saturated heterocycles. The molecule has 0 aliphatic heterocycles. The van der Waals surface area contributed by atoms with Crippen LogP contribution in [0.25, 0.3) is 0 Å². The van der Waals surface area contributed by atoms with Crippen molar-refractivity contribution in [3.63, 3.8) is 0 Å². The number of likely N-dealkylation sites (N-methyl/N-ethyl adjacent to an activating group) is 1. The average molecular weight is 194 g/mol. The van der Waals surface area contributed by atoms with Gasteiger partial charge in [-0.3, -0.25) is 9.88 Å². The van der Waals surface area contributed by atoms with Crippen molar-refractivity contribution in [3.8, 4) is 0 Å². The molecule has 78 valence electrons. The molecule has 1 heterocycles. The van der Waals surface area contributed by atoms with Gasteiger partial charge in [0.1, 0.15) is 0 Å². The van der Waals surface area contributed by atoms with Crippen molar-refractivity contribution < 1.29 is 5.11 Å². The zero-order valence-corrected chi connectivity index (χ0v) is 9.07. The van der Waals surface area contributed by atoms with E-state index < -0.39 is 0 Å². The van der Waals surface area contributed by atoms with Gasteiger partial charge in [-0.1, -0.05) is 6.07 Å². The highest BCUT2D eigenvalue weighted by Gasteiger charge is 2.04. The first-order valence-corrected chi connectivity index (χ1v) is 4.87. The lowest BCUT2D eigenvalue weighted by Crippen LogP contribution is -2.27. The first-order valence-electron chi connectivity index (χ1n) is 4.87. The summed E-state index contributed by atoms with van der Waals surface area (Å²) in [6.45, 7) is 5.24. The van der Waals surface area contributed by atoms with Gasteiger partial charge in [-0.25, -0.2) is 0 Å². The zero-order chi connectivity index (χ0) is 10.6. The van der Waals surface area contributed by atoms with Crippen molar-refractivity contribution in [2.24, 2.45) is 0 Å². The second-order valence-electron chi connectivity index (χ2n) is 3.82. The van der Waals surface area contributed by atoms with Gasteiger partial charge in [-0.15, -0.1) is 0 Å². The number of rotatable bonds is 4. The van der Waals surface area contributed by atoms with Gasteiger partial charge in [0.2, 0.25) is 0 Å². The minimum atomic E-state index is -0.287. The second kappa shape index (κ2) is 5.08. The Hall–Kier alpha value is -0.930. The van der Waals surface area contributed by atoms with Gasteiger partial charge in [0, 0.05) is 18.8 Å². The van der Waals surface area contributed by atoms with Crippen LogP contribution in [0.5, 0.6) is 0 Å². The Morgan fingerprint density at radius 2 is 2.21 bits per heavy atom. The van der Waals surface area contributed by atoms with Crippen LogP contribution in [0.2, 0.25) is 0 Å². The summed E-state index contributed by atoms with van der Waals surface area (Å²) in [5.41, 5.74) is 2.08. The summed E-state index contributed by atoms with van der Waals surface area (Å²) in [5, 5.41) is 9.19. The fourth-order valence-corrected chi connectivity index (χ4v) is 1.48. The Labute approximate surface area is 85.4 Å². The molecule has 0 bridgehead atoms. The molecule has 0 saturated carbocycles. The molecule has 0 spiro atoms. The summed E-state index contributed by atoms with van der Waals surface area (Å²) in [7, 11) is 1.98. The van der Waals surface area contributed by atoms with E-state index in [0.717, 1.165) is 17.9 Å². The molecule has 1 aromatic rings. The lowest BCUT2D eigenvalue weighted by atomic mass is 10.3. The standard InChI is InChI=1S/C11H18N2O/c1-9-5-4-6-11(12-9)8-13(3)7-10(2)14/h4-6,10,14H,7-8H2,1-3H3/t10-/m1/s1. The predicted octanol–water partition coefficient (Wildman–Crippen LogP) is 1.20. The topological polar surface area (TPSA) is 36.4 Å². The van der Waals surface area contributed by atoms with Crippen LogP contribution >= 0.6 is 0 Å². The van der Waals surface area contributed by atoms with Gasteiger partial charge in [0.25, 0.3) is 0 Å². The van der Waals surface area contributed by atoms with Crippen molar-refractivity contribution in [1.82, 2.24) is 9.88 Å². The van der Waals surface area contributed by atoms with Crippen molar-refractivity contribution in [2.45, 2.75) is 26.5 Å². The van der Waals surface area contributed by atoms with Crippen LogP contribution in [0.15, 0.2) is 18.2 Å². The van der Waals surface area contributed by atoms with Crippen LogP contribution in [0.4, 0.5) is 0 Å². The van der Waals surface area contributed by atoms with E-state index >= 15 is 0 Å². The van der Waals surface area contributed by atoms with Crippen LogP contribution in [-0.4, -0.2) is 34.7 Å². The van der Waals surface area contributed by atoms with Gasteiger partial charge < -0.3 is 5.11 Å². The van der Waals surface area contributed by atoms with Gasteiger partial charge in [-0.2, -0.15) is 0 Å². The van der Waals surface area contributed by atoms with E-state index in [1.54, 1.807) is 6.92 Å². The minimum absolute atomic E-state index is 0.287. The molecule has 1 N–H and O–H groups in total. The molecule has 3 nitrogen and oxygen atoms in total. The van der Waals surface area contributed by atoms with Crippen LogP contribution in [0.1, 0.15) is 18.3 Å². The van der Waals surface area contributed by atoms with E-state index in [2.05, 4.69) is 9.88 Å². The first-order chi connectivity index (χ1) is 6.58. The van der Waals surface area contributed by atoms with E-state index in [1.807, 2.05) is 32.2 Å². The molecule has 3 heteroatoms. The summed E-state index contributed by atoms with van der Waals surface area (Å²) < 4.78 is 0. The SMILES string of the molecule is Cc1cccc(CN(C)C[C@@H](C)O)n1. The number of hydrogen-bond donors (Lipinski definition) is 1. The second-order valence-corrected chi connectivity index (χ2v) is 3.82. The summed E-state index contributed by atoms with van der Waals surface area (Å²) >= 11 is 0. The lowest BCUT2D eigenvalue weighted by molar-refractivity contribution is 0.137. The molecule has 0 aliphatic carbocycles. The maximum absolute atomic E-state index is 9.19. The number of aliphatic hydroxyl groups is 1. The summed E-state index contributed by atoms with van der Waals surface area (Å²) in [5.74, 6) is 0. The summed E-state index contributed by atoms with van der Waals surface area (Å²) in [4.78, 5) is 6.46. The number of aryl methyl sites for hydroxylation is 1. The molecule has 0 unspecified atom stereocenters. The Bertz CT molecular complexity index is 286. The fraction of sp³-hybridized carbons (Fsp3) is 0.545. The number of hydrogen-bond acceptors (Lipinski definition) is 3. The molecule has 1 atom stereocenters. The summed E-state index contributed by atoms with van der Waals surface area (Å²) in [6, 6.07) is 6.00. The average Bonchev–Trinajstić information content (AvgIpc) is 2.01. The molecule has 0 fully saturated rings. The third kappa shape index (κ3) is 3.85. The highest BCUT2D eigenvalue weighted by atomic mass is 16.3. The Balaban J connectivity index is 2.51. The molecule has 0 radical (unpaired) electrons. The van der Waals surface area contributed by atoms with E-state index in [-0.39, 0.29) is 6.10 Å². The zero-order valence-electron chi connectivity index (χ0n) is 9.07. The van der Waals surface area contributed by atoms with E-state index in [4.69, 9.17) is 0 Å².